The quantitative estimate of drug-likeness (QED) is 0.862. The average molecular weight is 294 g/mol. The average Bonchev–Trinajstić information content (AvgIpc) is 3.11. The number of nitrogens with one attached hydrogen (secondary N) is 1. The highest BCUT2D eigenvalue weighted by molar-refractivity contribution is 4.95. The Morgan fingerprint density at radius 1 is 1.29 bits per heavy atom. The van der Waals surface area contributed by atoms with Crippen LogP contribution >= 0.6 is 0 Å². The first-order chi connectivity index (χ1) is 10.1. The van der Waals surface area contributed by atoms with Crippen molar-refractivity contribution in [2.24, 2.45) is 5.92 Å². The van der Waals surface area contributed by atoms with Crippen LogP contribution in [-0.2, 0) is 4.74 Å². The van der Waals surface area contributed by atoms with Crippen LogP contribution in [0.3, 0.4) is 0 Å². The topological polar surface area (TPSA) is 24.5 Å². The summed E-state index contributed by atoms with van der Waals surface area (Å²) in [4.78, 5) is 2.69. The third kappa shape index (κ3) is 3.46. The van der Waals surface area contributed by atoms with Crippen LogP contribution in [0.2, 0.25) is 0 Å². The second-order valence-corrected chi connectivity index (χ2v) is 7.87. The van der Waals surface area contributed by atoms with Gasteiger partial charge in [-0.05, 0) is 38.5 Å². The molecule has 3 heteroatoms. The first-order valence-electron chi connectivity index (χ1n) is 9.27. The number of ether oxygens (including phenoxy) is 1. The van der Waals surface area contributed by atoms with Gasteiger partial charge in [-0.25, -0.2) is 0 Å². The Hall–Kier alpha value is -0.120. The lowest BCUT2D eigenvalue weighted by Crippen LogP contribution is -2.58. The van der Waals surface area contributed by atoms with E-state index < -0.39 is 0 Å². The first-order valence-corrected chi connectivity index (χ1v) is 9.27. The molecule has 4 atom stereocenters. The van der Waals surface area contributed by atoms with Gasteiger partial charge < -0.3 is 10.1 Å². The van der Waals surface area contributed by atoms with Gasteiger partial charge in [0.1, 0.15) is 0 Å². The van der Waals surface area contributed by atoms with Gasteiger partial charge in [0.15, 0.2) is 0 Å². The first kappa shape index (κ1) is 15.8. The lowest BCUT2D eigenvalue weighted by Gasteiger charge is -2.42. The fourth-order valence-corrected chi connectivity index (χ4v) is 4.54. The number of rotatable bonds is 4. The van der Waals surface area contributed by atoms with Crippen molar-refractivity contribution in [3.8, 4) is 0 Å². The summed E-state index contributed by atoms with van der Waals surface area (Å²) in [6, 6.07) is 1.31. The highest BCUT2D eigenvalue weighted by atomic mass is 16.5. The molecule has 122 valence electrons. The van der Waals surface area contributed by atoms with Crippen molar-refractivity contribution < 1.29 is 4.74 Å². The van der Waals surface area contributed by atoms with Crippen molar-refractivity contribution in [2.45, 2.75) is 89.5 Å². The Morgan fingerprint density at radius 2 is 2.05 bits per heavy atom. The fourth-order valence-electron chi connectivity index (χ4n) is 4.54. The maximum atomic E-state index is 6.52. The molecule has 2 saturated heterocycles. The van der Waals surface area contributed by atoms with Gasteiger partial charge in [-0.2, -0.15) is 0 Å². The van der Waals surface area contributed by atoms with Crippen LogP contribution in [0.15, 0.2) is 0 Å². The molecule has 2 aliphatic heterocycles. The minimum absolute atomic E-state index is 0.290. The summed E-state index contributed by atoms with van der Waals surface area (Å²) in [5.41, 5.74) is 0.290. The van der Waals surface area contributed by atoms with E-state index in [2.05, 4.69) is 31.0 Å². The van der Waals surface area contributed by atoms with E-state index in [-0.39, 0.29) is 5.60 Å². The minimum Gasteiger partial charge on any atom is -0.370 e. The van der Waals surface area contributed by atoms with Crippen LogP contribution in [-0.4, -0.2) is 48.3 Å². The molecule has 1 N–H and O–H groups in total. The maximum Gasteiger partial charge on any atom is 0.0710 e. The Kier molecular flexibility index (Phi) is 4.92. The third-order valence-corrected chi connectivity index (χ3v) is 6.35. The highest BCUT2D eigenvalue weighted by Gasteiger charge is 2.43. The van der Waals surface area contributed by atoms with Gasteiger partial charge in [-0.15, -0.1) is 0 Å². The van der Waals surface area contributed by atoms with Crippen LogP contribution in [0.25, 0.3) is 0 Å². The van der Waals surface area contributed by atoms with Crippen LogP contribution in [0.1, 0.15) is 65.7 Å². The summed E-state index contributed by atoms with van der Waals surface area (Å²) in [6.45, 7) is 10.5. The van der Waals surface area contributed by atoms with E-state index in [0.29, 0.717) is 18.2 Å². The summed E-state index contributed by atoms with van der Waals surface area (Å²) >= 11 is 0. The van der Waals surface area contributed by atoms with Gasteiger partial charge in [-0.3, -0.25) is 4.90 Å². The maximum absolute atomic E-state index is 6.52. The predicted molar refractivity (Wildman–Crippen MR) is 87.6 cm³/mol. The summed E-state index contributed by atoms with van der Waals surface area (Å²) < 4.78 is 6.52. The predicted octanol–water partition coefficient (Wildman–Crippen LogP) is 3.19. The SMILES string of the molecule is CCC(C)C1CN(CC2CCC3(CCCC3)O2)C(C)CN1. The van der Waals surface area contributed by atoms with E-state index in [9.17, 15) is 0 Å². The molecule has 0 bridgehead atoms. The smallest absolute Gasteiger partial charge is 0.0710 e. The molecule has 1 spiro atoms. The molecular weight excluding hydrogens is 260 g/mol. The van der Waals surface area contributed by atoms with Crippen LogP contribution in [0, 0.1) is 5.92 Å². The lowest BCUT2D eigenvalue weighted by atomic mass is 9.95. The Labute approximate surface area is 130 Å². The van der Waals surface area contributed by atoms with Gasteiger partial charge in [0.05, 0.1) is 11.7 Å². The molecule has 1 aliphatic carbocycles. The summed E-state index contributed by atoms with van der Waals surface area (Å²) in [5, 5.41) is 3.74. The fraction of sp³-hybridized carbons (Fsp3) is 1.00. The molecule has 3 aliphatic rings. The van der Waals surface area contributed by atoms with Gasteiger partial charge >= 0.3 is 0 Å². The summed E-state index contributed by atoms with van der Waals surface area (Å²) in [5.74, 6) is 0.769. The molecule has 0 aromatic heterocycles. The molecule has 4 unspecified atom stereocenters. The van der Waals surface area contributed by atoms with E-state index >= 15 is 0 Å². The standard InChI is InChI=1S/C18H34N2O/c1-4-14(2)17-13-20(15(3)11-19-17)12-16-7-10-18(21-16)8-5-6-9-18/h14-17,19H,4-13H2,1-3H3. The lowest BCUT2D eigenvalue weighted by molar-refractivity contribution is -0.0549. The number of hydrogen-bond donors (Lipinski definition) is 1. The number of hydrogen-bond acceptors (Lipinski definition) is 3. The van der Waals surface area contributed by atoms with E-state index in [0.717, 1.165) is 19.0 Å². The second-order valence-electron chi connectivity index (χ2n) is 7.87. The van der Waals surface area contributed by atoms with Crippen molar-refractivity contribution in [3.63, 3.8) is 0 Å². The van der Waals surface area contributed by atoms with Crippen molar-refractivity contribution in [2.75, 3.05) is 19.6 Å². The van der Waals surface area contributed by atoms with Crippen LogP contribution < -0.4 is 5.32 Å². The molecular formula is C18H34N2O. The van der Waals surface area contributed by atoms with Crippen molar-refractivity contribution >= 4 is 0 Å². The molecule has 3 rings (SSSR count). The zero-order valence-electron chi connectivity index (χ0n) is 14.2. The Balaban J connectivity index is 1.53. The molecule has 21 heavy (non-hydrogen) atoms. The molecule has 1 saturated carbocycles. The van der Waals surface area contributed by atoms with E-state index in [4.69, 9.17) is 4.74 Å². The van der Waals surface area contributed by atoms with Gasteiger partial charge in [0.2, 0.25) is 0 Å². The zero-order chi connectivity index (χ0) is 14.9. The summed E-state index contributed by atoms with van der Waals surface area (Å²) in [7, 11) is 0. The second kappa shape index (κ2) is 6.55. The van der Waals surface area contributed by atoms with E-state index in [1.54, 1.807) is 0 Å². The van der Waals surface area contributed by atoms with Gasteiger partial charge in [0.25, 0.3) is 0 Å². The van der Waals surface area contributed by atoms with Crippen molar-refractivity contribution in [3.05, 3.63) is 0 Å². The number of nitrogens with zero attached hydrogens (tertiary/aromatic N) is 1. The van der Waals surface area contributed by atoms with Gasteiger partial charge in [-0.1, -0.05) is 33.1 Å². The summed E-state index contributed by atoms with van der Waals surface area (Å²) in [6.07, 6.45) is 9.74. The van der Waals surface area contributed by atoms with E-state index in [1.165, 1.54) is 51.5 Å². The van der Waals surface area contributed by atoms with Gasteiger partial charge in [0, 0.05) is 31.7 Å². The van der Waals surface area contributed by atoms with Crippen molar-refractivity contribution in [1.29, 1.82) is 0 Å². The van der Waals surface area contributed by atoms with Crippen LogP contribution in [0.5, 0.6) is 0 Å². The zero-order valence-corrected chi connectivity index (χ0v) is 14.2. The van der Waals surface area contributed by atoms with Crippen molar-refractivity contribution in [1.82, 2.24) is 10.2 Å². The molecule has 3 nitrogen and oxygen atoms in total. The normalized spacial score (nSPS) is 38.1. The third-order valence-electron chi connectivity index (χ3n) is 6.35. The monoisotopic (exact) mass is 294 g/mol. The minimum atomic E-state index is 0.290. The number of piperazine rings is 1. The largest absolute Gasteiger partial charge is 0.370 e. The molecule has 0 amide bonds. The molecule has 0 radical (unpaired) electrons. The Bertz CT molecular complexity index is 340. The molecule has 0 aromatic rings. The molecule has 0 aromatic carbocycles. The molecule has 2 heterocycles. The van der Waals surface area contributed by atoms with E-state index in [1.807, 2.05) is 0 Å². The molecule has 3 fully saturated rings. The Morgan fingerprint density at radius 3 is 2.76 bits per heavy atom. The van der Waals surface area contributed by atoms with Crippen LogP contribution in [0.4, 0.5) is 0 Å². The highest BCUT2D eigenvalue weighted by Crippen LogP contribution is 2.43.